The van der Waals surface area contributed by atoms with E-state index in [0.29, 0.717) is 29.8 Å². The predicted molar refractivity (Wildman–Crippen MR) is 99.5 cm³/mol. The molecule has 26 heavy (non-hydrogen) atoms. The number of nitro benzene ring substituents is 1. The molecule has 1 aliphatic rings. The van der Waals surface area contributed by atoms with E-state index in [1.807, 2.05) is 0 Å². The molecule has 6 nitrogen and oxygen atoms in total. The number of rotatable bonds is 5. The van der Waals surface area contributed by atoms with Crippen LogP contribution in [0.25, 0.3) is 6.08 Å². The molecule has 1 fully saturated rings. The summed E-state index contributed by atoms with van der Waals surface area (Å²) in [5.41, 5.74) is 1.44. The summed E-state index contributed by atoms with van der Waals surface area (Å²) in [5, 5.41) is 11.0. The van der Waals surface area contributed by atoms with E-state index in [1.165, 1.54) is 24.3 Å². The van der Waals surface area contributed by atoms with Crippen LogP contribution in [0.2, 0.25) is 5.02 Å². The zero-order chi connectivity index (χ0) is 18.7. The second-order valence-corrected chi connectivity index (χ2v) is 6.27. The lowest BCUT2D eigenvalue weighted by molar-refractivity contribution is -0.384. The van der Waals surface area contributed by atoms with Crippen LogP contribution in [0.15, 0.2) is 48.5 Å². The third kappa shape index (κ3) is 3.81. The Morgan fingerprint density at radius 1 is 1.23 bits per heavy atom. The van der Waals surface area contributed by atoms with Crippen LogP contribution in [0.5, 0.6) is 0 Å². The van der Waals surface area contributed by atoms with Crippen molar-refractivity contribution in [1.29, 1.82) is 0 Å². The van der Waals surface area contributed by atoms with Crippen LogP contribution >= 0.6 is 11.6 Å². The van der Waals surface area contributed by atoms with Crippen molar-refractivity contribution in [2.75, 3.05) is 11.4 Å². The van der Waals surface area contributed by atoms with E-state index in [2.05, 4.69) is 0 Å². The maximum absolute atomic E-state index is 12.4. The molecule has 2 aromatic carbocycles. The van der Waals surface area contributed by atoms with Crippen LogP contribution in [-0.4, -0.2) is 23.2 Å². The molecular weight excluding hydrogens is 356 g/mol. The molecule has 2 aromatic rings. The van der Waals surface area contributed by atoms with Crippen LogP contribution in [-0.2, 0) is 4.79 Å². The number of hydrogen-bond acceptors (Lipinski definition) is 4. The Morgan fingerprint density at radius 2 is 2.04 bits per heavy atom. The fraction of sp³-hybridized carbons (Fsp3) is 0.158. The third-order valence-corrected chi connectivity index (χ3v) is 4.43. The molecule has 1 amide bonds. The monoisotopic (exact) mass is 370 g/mol. The van der Waals surface area contributed by atoms with Gasteiger partial charge in [0.2, 0.25) is 5.91 Å². The summed E-state index contributed by atoms with van der Waals surface area (Å²) in [6.07, 6.45) is 4.18. The topological polar surface area (TPSA) is 80.5 Å². The highest BCUT2D eigenvalue weighted by Crippen LogP contribution is 2.26. The van der Waals surface area contributed by atoms with Gasteiger partial charge in [-0.15, -0.1) is 0 Å². The Balaban J connectivity index is 1.80. The molecule has 0 radical (unpaired) electrons. The van der Waals surface area contributed by atoms with Crippen molar-refractivity contribution >= 4 is 40.7 Å². The van der Waals surface area contributed by atoms with E-state index in [4.69, 9.17) is 11.6 Å². The Labute approximate surface area is 154 Å². The first-order chi connectivity index (χ1) is 12.5. The standard InChI is InChI=1S/C19H15ClN2O4/c20-16-8-6-13(11-17(16)22(25)26)7-9-18(23)14-3-1-4-15(12-14)21-10-2-5-19(21)24/h1,3-4,6-9,11-12H,2,5,10H2. The van der Waals surface area contributed by atoms with Crippen LogP contribution in [0.4, 0.5) is 11.4 Å². The summed E-state index contributed by atoms with van der Waals surface area (Å²) in [6, 6.07) is 11.2. The van der Waals surface area contributed by atoms with Gasteiger partial charge in [0.05, 0.1) is 4.92 Å². The normalized spacial score (nSPS) is 14.2. The highest BCUT2D eigenvalue weighted by molar-refractivity contribution is 6.32. The largest absolute Gasteiger partial charge is 0.312 e. The lowest BCUT2D eigenvalue weighted by atomic mass is 10.1. The second-order valence-electron chi connectivity index (χ2n) is 5.86. The number of nitro groups is 1. The van der Waals surface area contributed by atoms with Gasteiger partial charge in [0, 0.05) is 30.3 Å². The fourth-order valence-electron chi connectivity index (χ4n) is 2.79. The van der Waals surface area contributed by atoms with Gasteiger partial charge in [-0.25, -0.2) is 0 Å². The molecule has 0 unspecified atom stereocenters. The molecule has 1 aliphatic heterocycles. The van der Waals surface area contributed by atoms with Crippen molar-refractivity contribution in [1.82, 2.24) is 0 Å². The lowest BCUT2D eigenvalue weighted by Crippen LogP contribution is -2.23. The summed E-state index contributed by atoms with van der Waals surface area (Å²) in [6.45, 7) is 0.654. The molecule has 3 rings (SSSR count). The van der Waals surface area contributed by atoms with Crippen LogP contribution in [0.1, 0.15) is 28.8 Å². The van der Waals surface area contributed by atoms with Crippen molar-refractivity contribution in [3.05, 3.63) is 74.8 Å². The summed E-state index contributed by atoms with van der Waals surface area (Å²) >= 11 is 5.78. The molecule has 0 spiro atoms. The highest BCUT2D eigenvalue weighted by Gasteiger charge is 2.22. The first kappa shape index (κ1) is 17.8. The van der Waals surface area contributed by atoms with E-state index < -0.39 is 4.92 Å². The number of amides is 1. The molecule has 0 bridgehead atoms. The van der Waals surface area contributed by atoms with Crippen molar-refractivity contribution < 1.29 is 14.5 Å². The molecule has 7 heteroatoms. The number of nitrogens with zero attached hydrogens (tertiary/aromatic N) is 2. The predicted octanol–water partition coefficient (Wildman–Crippen LogP) is 4.27. The summed E-state index contributed by atoms with van der Waals surface area (Å²) in [5.74, 6) is -0.199. The van der Waals surface area contributed by atoms with E-state index >= 15 is 0 Å². The van der Waals surface area contributed by atoms with Crippen LogP contribution in [0.3, 0.4) is 0 Å². The van der Waals surface area contributed by atoms with Gasteiger partial charge >= 0.3 is 0 Å². The molecule has 0 aromatic heterocycles. The maximum Gasteiger partial charge on any atom is 0.288 e. The molecule has 0 aliphatic carbocycles. The van der Waals surface area contributed by atoms with E-state index in [-0.39, 0.29) is 22.4 Å². The average Bonchev–Trinajstić information content (AvgIpc) is 3.06. The minimum absolute atomic E-state index is 0.0430. The number of carbonyl (C=O) groups is 2. The Morgan fingerprint density at radius 3 is 2.73 bits per heavy atom. The summed E-state index contributed by atoms with van der Waals surface area (Å²) in [7, 11) is 0. The number of benzene rings is 2. The lowest BCUT2D eigenvalue weighted by Gasteiger charge is -2.16. The zero-order valence-corrected chi connectivity index (χ0v) is 14.5. The van der Waals surface area contributed by atoms with Gasteiger partial charge < -0.3 is 4.90 Å². The van der Waals surface area contributed by atoms with Crippen LogP contribution < -0.4 is 4.90 Å². The van der Waals surface area contributed by atoms with Gasteiger partial charge in [-0.2, -0.15) is 0 Å². The van der Waals surface area contributed by atoms with Gasteiger partial charge in [-0.05, 0) is 36.3 Å². The van der Waals surface area contributed by atoms with Gasteiger partial charge in [0.1, 0.15) is 5.02 Å². The first-order valence-corrected chi connectivity index (χ1v) is 8.40. The molecule has 1 saturated heterocycles. The smallest absolute Gasteiger partial charge is 0.288 e. The van der Waals surface area contributed by atoms with Crippen LogP contribution in [0, 0.1) is 10.1 Å². The number of anilines is 1. The molecule has 0 atom stereocenters. The molecule has 0 saturated carbocycles. The zero-order valence-electron chi connectivity index (χ0n) is 13.7. The molecule has 132 valence electrons. The molecular formula is C19H15ClN2O4. The van der Waals surface area contributed by atoms with Crippen molar-refractivity contribution in [2.45, 2.75) is 12.8 Å². The Hall–Kier alpha value is -2.99. The molecule has 1 heterocycles. The number of carbonyl (C=O) groups excluding carboxylic acids is 2. The number of hydrogen-bond donors (Lipinski definition) is 0. The van der Waals surface area contributed by atoms with Crippen molar-refractivity contribution in [2.24, 2.45) is 0 Å². The SMILES string of the molecule is O=C(C=Cc1ccc(Cl)c([N+](=O)[O-])c1)c1cccc(N2CCCC2=O)c1. The Kier molecular flexibility index (Phi) is 5.14. The van der Waals surface area contributed by atoms with Crippen molar-refractivity contribution in [3.8, 4) is 0 Å². The van der Waals surface area contributed by atoms with E-state index in [9.17, 15) is 19.7 Å². The van der Waals surface area contributed by atoms with E-state index in [0.717, 1.165) is 6.42 Å². The summed E-state index contributed by atoms with van der Waals surface area (Å²) < 4.78 is 0. The van der Waals surface area contributed by atoms with E-state index in [1.54, 1.807) is 35.2 Å². The second kappa shape index (κ2) is 7.49. The average molecular weight is 371 g/mol. The third-order valence-electron chi connectivity index (χ3n) is 4.11. The summed E-state index contributed by atoms with van der Waals surface area (Å²) in [4.78, 5) is 36.3. The molecule has 0 N–H and O–H groups in total. The van der Waals surface area contributed by atoms with Gasteiger partial charge in [0.25, 0.3) is 5.69 Å². The maximum atomic E-state index is 12.4. The quantitative estimate of drug-likeness (QED) is 0.340. The first-order valence-electron chi connectivity index (χ1n) is 8.02. The van der Waals surface area contributed by atoms with Crippen molar-refractivity contribution in [3.63, 3.8) is 0 Å². The minimum Gasteiger partial charge on any atom is -0.312 e. The van der Waals surface area contributed by atoms with Gasteiger partial charge in [-0.1, -0.05) is 35.9 Å². The van der Waals surface area contributed by atoms with Gasteiger partial charge in [0.15, 0.2) is 5.78 Å². The number of allylic oxidation sites excluding steroid dienone is 1. The highest BCUT2D eigenvalue weighted by atomic mass is 35.5. The minimum atomic E-state index is -0.571. The Bertz CT molecular complexity index is 924. The number of halogens is 1. The van der Waals surface area contributed by atoms with Gasteiger partial charge in [-0.3, -0.25) is 19.7 Å². The number of ketones is 1. The fourth-order valence-corrected chi connectivity index (χ4v) is 2.98.